The molecule has 0 amide bonds. The van der Waals surface area contributed by atoms with Crippen molar-refractivity contribution in [2.24, 2.45) is 0 Å². The Bertz CT molecular complexity index is 731. The van der Waals surface area contributed by atoms with Gasteiger partial charge in [0.05, 0.1) is 26.4 Å². The molecule has 1 aromatic rings. The molecule has 1 fully saturated rings. The van der Waals surface area contributed by atoms with E-state index in [4.69, 9.17) is 19.0 Å². The van der Waals surface area contributed by atoms with Crippen molar-refractivity contribution in [3.63, 3.8) is 0 Å². The maximum Gasteiger partial charge on any atom is 0.331 e. The summed E-state index contributed by atoms with van der Waals surface area (Å²) in [5.41, 5.74) is -0.601. The summed E-state index contributed by atoms with van der Waals surface area (Å²) in [4.78, 5) is 22.0. The number of benzene rings is 1. The molecule has 0 spiro atoms. The standard InChI is InChI=1S/C27H48N4O5/c1-6-33-20-21-34-22-23-35-31-17-15-29-13-12-28-14-16-30(18-19-31)27(5,24-10-8-7-9-11-24)25(32)36-26(2,3)4/h7-11,28-29H,6,12-23H2,1-5H3. The number of nitrogens with zero attached hydrogens (tertiary/aromatic N) is 2. The zero-order chi connectivity index (χ0) is 26.3. The minimum absolute atomic E-state index is 0.245. The van der Waals surface area contributed by atoms with Crippen LogP contribution < -0.4 is 10.6 Å². The molecule has 1 atom stereocenters. The van der Waals surface area contributed by atoms with E-state index in [-0.39, 0.29) is 5.97 Å². The van der Waals surface area contributed by atoms with E-state index < -0.39 is 11.1 Å². The molecule has 1 unspecified atom stereocenters. The van der Waals surface area contributed by atoms with Crippen LogP contribution in [0.4, 0.5) is 0 Å². The fraction of sp³-hybridized carbons (Fsp3) is 0.741. The van der Waals surface area contributed by atoms with Crippen molar-refractivity contribution in [1.29, 1.82) is 0 Å². The number of nitrogens with one attached hydrogen (secondary N) is 2. The number of carbonyl (C=O) groups excluding carboxylic acids is 1. The third-order valence-electron chi connectivity index (χ3n) is 6.04. The first-order valence-corrected chi connectivity index (χ1v) is 13.3. The van der Waals surface area contributed by atoms with E-state index in [1.807, 2.05) is 70.0 Å². The molecule has 1 heterocycles. The molecule has 2 rings (SSSR count). The van der Waals surface area contributed by atoms with Gasteiger partial charge in [-0.2, -0.15) is 5.06 Å². The van der Waals surface area contributed by atoms with Gasteiger partial charge < -0.3 is 24.8 Å². The van der Waals surface area contributed by atoms with Gasteiger partial charge in [-0.1, -0.05) is 30.3 Å². The normalized spacial score (nSPS) is 19.1. The largest absolute Gasteiger partial charge is 0.458 e. The molecule has 1 aromatic carbocycles. The molecule has 1 aliphatic heterocycles. The molecule has 0 bridgehead atoms. The number of esters is 1. The van der Waals surface area contributed by atoms with E-state index in [1.54, 1.807) is 0 Å². The molecule has 2 N–H and O–H groups in total. The highest BCUT2D eigenvalue weighted by molar-refractivity contribution is 5.82. The number of hydrogen-bond donors (Lipinski definition) is 2. The summed E-state index contributed by atoms with van der Waals surface area (Å²) >= 11 is 0. The number of rotatable bonds is 11. The van der Waals surface area contributed by atoms with E-state index in [2.05, 4.69) is 15.5 Å². The van der Waals surface area contributed by atoms with Gasteiger partial charge in [-0.05, 0) is 40.2 Å². The predicted octanol–water partition coefficient (Wildman–Crippen LogP) is 2.03. The zero-order valence-electron chi connectivity index (χ0n) is 23.0. The molecule has 36 heavy (non-hydrogen) atoms. The minimum atomic E-state index is -0.938. The molecular formula is C27H48N4O5. The van der Waals surface area contributed by atoms with Crippen molar-refractivity contribution < 1.29 is 23.8 Å². The van der Waals surface area contributed by atoms with Gasteiger partial charge in [-0.25, -0.2) is 4.79 Å². The lowest BCUT2D eigenvalue weighted by atomic mass is 9.89. The molecule has 0 saturated carbocycles. The topological polar surface area (TPSA) is 84.5 Å². The van der Waals surface area contributed by atoms with Gasteiger partial charge in [0.25, 0.3) is 0 Å². The monoisotopic (exact) mass is 508 g/mol. The summed E-state index contributed by atoms with van der Waals surface area (Å²) in [6, 6.07) is 9.92. The third kappa shape index (κ3) is 10.8. The van der Waals surface area contributed by atoms with Crippen LogP contribution in [0, 0.1) is 0 Å². The average Bonchev–Trinajstić information content (AvgIpc) is 2.84. The van der Waals surface area contributed by atoms with Crippen LogP contribution in [0.3, 0.4) is 0 Å². The molecule has 0 aliphatic carbocycles. The molecule has 0 radical (unpaired) electrons. The van der Waals surface area contributed by atoms with Crippen LogP contribution in [-0.2, 0) is 29.4 Å². The number of hydrogen-bond acceptors (Lipinski definition) is 9. The van der Waals surface area contributed by atoms with Crippen molar-refractivity contribution in [1.82, 2.24) is 20.6 Å². The van der Waals surface area contributed by atoms with E-state index >= 15 is 0 Å². The zero-order valence-corrected chi connectivity index (χ0v) is 23.0. The highest BCUT2D eigenvalue weighted by Gasteiger charge is 2.44. The molecule has 1 saturated heterocycles. The van der Waals surface area contributed by atoms with Gasteiger partial charge in [0.15, 0.2) is 0 Å². The van der Waals surface area contributed by atoms with E-state index in [9.17, 15) is 4.79 Å². The molecule has 9 nitrogen and oxygen atoms in total. The molecule has 0 aromatic heterocycles. The summed E-state index contributed by atoms with van der Waals surface area (Å²) in [6.07, 6.45) is 0. The Balaban J connectivity index is 2.15. The summed E-state index contributed by atoms with van der Waals surface area (Å²) in [5.74, 6) is -0.245. The molecule has 9 heteroatoms. The smallest absolute Gasteiger partial charge is 0.331 e. The molecule has 1 aliphatic rings. The summed E-state index contributed by atoms with van der Waals surface area (Å²) < 4.78 is 16.9. The van der Waals surface area contributed by atoms with Crippen LogP contribution >= 0.6 is 0 Å². The summed E-state index contributed by atoms with van der Waals surface area (Å²) in [7, 11) is 0. The van der Waals surface area contributed by atoms with Crippen LogP contribution in [0.25, 0.3) is 0 Å². The van der Waals surface area contributed by atoms with Gasteiger partial charge in [-0.15, -0.1) is 0 Å². The second kappa shape index (κ2) is 16.3. The van der Waals surface area contributed by atoms with Crippen molar-refractivity contribution in [3.05, 3.63) is 35.9 Å². The fourth-order valence-electron chi connectivity index (χ4n) is 4.04. The van der Waals surface area contributed by atoms with Crippen LogP contribution in [0.1, 0.15) is 40.2 Å². The first kappa shape index (κ1) is 30.6. The Labute approximate surface area is 217 Å². The Morgan fingerprint density at radius 3 is 2.14 bits per heavy atom. The van der Waals surface area contributed by atoms with Crippen molar-refractivity contribution in [2.45, 2.75) is 45.8 Å². The number of hydroxylamine groups is 2. The van der Waals surface area contributed by atoms with Crippen molar-refractivity contribution in [3.8, 4) is 0 Å². The van der Waals surface area contributed by atoms with Crippen molar-refractivity contribution in [2.75, 3.05) is 85.4 Å². The van der Waals surface area contributed by atoms with Gasteiger partial charge in [0, 0.05) is 59.0 Å². The van der Waals surface area contributed by atoms with E-state index in [0.717, 1.165) is 38.3 Å². The highest BCUT2D eigenvalue weighted by atomic mass is 16.7. The fourth-order valence-corrected chi connectivity index (χ4v) is 4.04. The summed E-state index contributed by atoms with van der Waals surface area (Å²) in [5, 5.41) is 8.91. The first-order valence-electron chi connectivity index (χ1n) is 13.3. The van der Waals surface area contributed by atoms with Gasteiger partial charge in [-0.3, -0.25) is 9.74 Å². The first-order chi connectivity index (χ1) is 17.3. The molecular weight excluding hydrogens is 460 g/mol. The average molecular weight is 509 g/mol. The van der Waals surface area contributed by atoms with E-state index in [1.165, 1.54) is 0 Å². The minimum Gasteiger partial charge on any atom is -0.458 e. The van der Waals surface area contributed by atoms with Crippen LogP contribution in [0.5, 0.6) is 0 Å². The number of carbonyl (C=O) groups is 1. The van der Waals surface area contributed by atoms with E-state index in [0.29, 0.717) is 52.7 Å². The molecule has 206 valence electrons. The second-order valence-corrected chi connectivity index (χ2v) is 10.00. The number of ether oxygens (including phenoxy) is 3. The lowest BCUT2D eigenvalue weighted by molar-refractivity contribution is -0.181. The Morgan fingerprint density at radius 2 is 1.47 bits per heavy atom. The SMILES string of the molecule is CCOCCOCCON1CCNCCNCCN(C(C)(C(=O)OC(C)(C)C)c2ccccc2)CC1. The van der Waals surface area contributed by atoms with Crippen LogP contribution in [0.2, 0.25) is 0 Å². The van der Waals surface area contributed by atoms with Gasteiger partial charge in [0.2, 0.25) is 0 Å². The van der Waals surface area contributed by atoms with Gasteiger partial charge >= 0.3 is 5.97 Å². The Kier molecular flexibility index (Phi) is 13.9. The second-order valence-electron chi connectivity index (χ2n) is 10.00. The van der Waals surface area contributed by atoms with Crippen molar-refractivity contribution >= 4 is 5.97 Å². The Hall–Kier alpha value is -1.59. The van der Waals surface area contributed by atoms with Crippen LogP contribution in [0.15, 0.2) is 30.3 Å². The maximum absolute atomic E-state index is 13.7. The Morgan fingerprint density at radius 1 is 0.833 bits per heavy atom. The third-order valence-corrected chi connectivity index (χ3v) is 6.04. The quantitative estimate of drug-likeness (QED) is 0.344. The lowest BCUT2D eigenvalue weighted by Crippen LogP contribution is -2.56. The maximum atomic E-state index is 13.7. The highest BCUT2D eigenvalue weighted by Crippen LogP contribution is 2.31. The van der Waals surface area contributed by atoms with Crippen LogP contribution in [-0.4, -0.2) is 107 Å². The summed E-state index contributed by atoms with van der Waals surface area (Å²) in [6.45, 7) is 18.5. The predicted molar refractivity (Wildman–Crippen MR) is 142 cm³/mol. The lowest BCUT2D eigenvalue weighted by Gasteiger charge is -2.42. The van der Waals surface area contributed by atoms with Gasteiger partial charge in [0.1, 0.15) is 11.1 Å².